The van der Waals surface area contributed by atoms with Crippen molar-refractivity contribution in [2.45, 2.75) is 11.7 Å². The lowest BCUT2D eigenvalue weighted by atomic mass is 10.2. The van der Waals surface area contributed by atoms with E-state index in [1.165, 1.54) is 20.9 Å². The molecule has 0 bridgehead atoms. The van der Waals surface area contributed by atoms with E-state index in [9.17, 15) is 9.59 Å². The summed E-state index contributed by atoms with van der Waals surface area (Å²) in [4.78, 5) is 30.1. The lowest BCUT2D eigenvalue weighted by molar-refractivity contribution is 0.218. The second-order valence-corrected chi connectivity index (χ2v) is 7.32. The van der Waals surface area contributed by atoms with Gasteiger partial charge in [0.05, 0.1) is 13.2 Å². The molecule has 2 aromatic heterocycles. The third kappa shape index (κ3) is 3.44. The first kappa shape index (κ1) is 18.8. The molecule has 0 aliphatic carbocycles. The number of ether oxygens (including phenoxy) is 1. The summed E-state index contributed by atoms with van der Waals surface area (Å²) in [6.45, 7) is 0.754. The highest BCUT2D eigenvalue weighted by Gasteiger charge is 2.18. The Morgan fingerprint density at radius 3 is 2.50 bits per heavy atom. The van der Waals surface area contributed by atoms with Crippen molar-refractivity contribution in [3.8, 4) is 0 Å². The number of aryl methyl sites for hydroxylation is 2. The second kappa shape index (κ2) is 7.69. The van der Waals surface area contributed by atoms with E-state index in [1.807, 2.05) is 0 Å². The molecule has 1 aromatic carbocycles. The predicted molar refractivity (Wildman–Crippen MR) is 103 cm³/mol. The first-order chi connectivity index (χ1) is 12.4. The van der Waals surface area contributed by atoms with Crippen molar-refractivity contribution in [2.75, 3.05) is 19.5 Å². The van der Waals surface area contributed by atoms with Gasteiger partial charge in [-0.1, -0.05) is 35.5 Å². The first-order valence-corrected chi connectivity index (χ1v) is 9.32. The lowest BCUT2D eigenvalue weighted by Crippen LogP contribution is -2.39. The topological polar surface area (TPSA) is 71.1 Å². The van der Waals surface area contributed by atoms with Crippen LogP contribution in [0.5, 0.6) is 0 Å². The number of aromatic nitrogens is 4. The summed E-state index contributed by atoms with van der Waals surface area (Å²) in [7, 11) is 5.04. The van der Waals surface area contributed by atoms with Crippen LogP contribution < -0.4 is 11.2 Å². The smallest absolute Gasteiger partial charge is 0.332 e. The number of hydrogen-bond donors (Lipinski definition) is 0. The van der Waals surface area contributed by atoms with Gasteiger partial charge in [-0.05, 0) is 17.7 Å². The number of thioether (sulfide) groups is 1. The Morgan fingerprint density at radius 1 is 1.15 bits per heavy atom. The summed E-state index contributed by atoms with van der Waals surface area (Å²) in [6.07, 6.45) is 0. The number of methoxy groups -OCH3 is 1. The summed E-state index contributed by atoms with van der Waals surface area (Å²) in [5.74, 6) is 0.709. The van der Waals surface area contributed by atoms with E-state index in [-0.39, 0.29) is 12.1 Å². The van der Waals surface area contributed by atoms with Crippen LogP contribution in [0.3, 0.4) is 0 Å². The molecule has 0 N–H and O–H groups in total. The first-order valence-electron chi connectivity index (χ1n) is 7.96. The fourth-order valence-electron chi connectivity index (χ4n) is 2.68. The zero-order valence-corrected chi connectivity index (χ0v) is 16.3. The van der Waals surface area contributed by atoms with E-state index in [2.05, 4.69) is 4.98 Å². The van der Waals surface area contributed by atoms with Gasteiger partial charge < -0.3 is 9.30 Å². The maximum atomic E-state index is 13.0. The number of benzene rings is 1. The van der Waals surface area contributed by atoms with Crippen molar-refractivity contribution < 1.29 is 4.74 Å². The minimum absolute atomic E-state index is 0.177. The van der Waals surface area contributed by atoms with Gasteiger partial charge in [0.25, 0.3) is 5.56 Å². The molecule has 138 valence electrons. The van der Waals surface area contributed by atoms with Crippen molar-refractivity contribution in [1.82, 2.24) is 18.7 Å². The van der Waals surface area contributed by atoms with Crippen LogP contribution >= 0.6 is 23.4 Å². The van der Waals surface area contributed by atoms with E-state index < -0.39 is 5.69 Å². The molecule has 0 atom stereocenters. The summed E-state index contributed by atoms with van der Waals surface area (Å²) in [5, 5.41) is 1.28. The predicted octanol–water partition coefficient (Wildman–Crippen LogP) is 1.87. The fraction of sp³-hybridized carbons (Fsp3) is 0.353. The molecule has 0 saturated carbocycles. The van der Waals surface area contributed by atoms with Crippen molar-refractivity contribution in [1.29, 1.82) is 0 Å². The molecule has 2 heterocycles. The molecule has 9 heteroatoms. The average Bonchev–Trinajstić information content (AvgIpc) is 2.96. The van der Waals surface area contributed by atoms with Crippen LogP contribution in [0, 0.1) is 0 Å². The molecule has 3 aromatic rings. The molecule has 26 heavy (non-hydrogen) atoms. The quantitative estimate of drug-likeness (QED) is 0.471. The Morgan fingerprint density at radius 2 is 1.85 bits per heavy atom. The van der Waals surface area contributed by atoms with E-state index in [1.54, 1.807) is 50.0 Å². The number of hydrogen-bond acceptors (Lipinski definition) is 5. The molecule has 0 aliphatic heterocycles. The normalized spacial score (nSPS) is 11.4. The Labute approximate surface area is 159 Å². The minimum Gasteiger partial charge on any atom is -0.384 e. The highest BCUT2D eigenvalue weighted by Crippen LogP contribution is 2.20. The van der Waals surface area contributed by atoms with Gasteiger partial charge in [0.2, 0.25) is 0 Å². The van der Waals surface area contributed by atoms with Gasteiger partial charge in [0.1, 0.15) is 0 Å². The van der Waals surface area contributed by atoms with Crippen LogP contribution in [0.25, 0.3) is 11.2 Å². The summed E-state index contributed by atoms with van der Waals surface area (Å²) >= 11 is 7.38. The van der Waals surface area contributed by atoms with E-state index in [0.29, 0.717) is 33.7 Å². The lowest BCUT2D eigenvalue weighted by Gasteiger charge is -2.09. The molecule has 7 nitrogen and oxygen atoms in total. The molecule has 0 amide bonds. The monoisotopic (exact) mass is 394 g/mol. The number of fused-ring (bicyclic) bond motifs is 1. The average molecular weight is 395 g/mol. The number of imidazole rings is 1. The van der Waals surface area contributed by atoms with Crippen molar-refractivity contribution in [2.24, 2.45) is 14.1 Å². The maximum absolute atomic E-state index is 13.0. The van der Waals surface area contributed by atoms with Crippen LogP contribution in [0.2, 0.25) is 5.02 Å². The van der Waals surface area contributed by atoms with Crippen LogP contribution in [-0.2, 0) is 25.4 Å². The van der Waals surface area contributed by atoms with Gasteiger partial charge in [-0.2, -0.15) is 0 Å². The van der Waals surface area contributed by atoms with Crippen molar-refractivity contribution in [3.63, 3.8) is 0 Å². The largest absolute Gasteiger partial charge is 0.384 e. The second-order valence-electron chi connectivity index (χ2n) is 5.83. The van der Waals surface area contributed by atoms with E-state index in [4.69, 9.17) is 16.3 Å². The van der Waals surface area contributed by atoms with Crippen LogP contribution in [0.1, 0.15) is 5.56 Å². The van der Waals surface area contributed by atoms with Crippen LogP contribution in [0.4, 0.5) is 0 Å². The third-order valence-corrected chi connectivity index (χ3v) is 5.34. The molecular formula is C17H19ClN4O3S. The van der Waals surface area contributed by atoms with Crippen LogP contribution in [-0.4, -0.2) is 38.2 Å². The highest BCUT2D eigenvalue weighted by atomic mass is 35.5. The van der Waals surface area contributed by atoms with Gasteiger partial charge in [-0.15, -0.1) is 0 Å². The zero-order chi connectivity index (χ0) is 18.8. The summed E-state index contributed by atoms with van der Waals surface area (Å²) in [5.41, 5.74) is 0.858. The molecular weight excluding hydrogens is 376 g/mol. The molecule has 0 fully saturated rings. The van der Waals surface area contributed by atoms with Gasteiger partial charge in [-0.25, -0.2) is 9.78 Å². The SMILES string of the molecule is COCCSc1nc2c(c(=O)n(Cc3ccc(Cl)cc3)c(=O)n2C)n1C. The zero-order valence-electron chi connectivity index (χ0n) is 14.7. The Kier molecular flexibility index (Phi) is 5.55. The third-order valence-electron chi connectivity index (χ3n) is 4.09. The summed E-state index contributed by atoms with van der Waals surface area (Å²) < 4.78 is 9.41. The molecule has 0 aliphatic rings. The Balaban J connectivity index is 2.10. The van der Waals surface area contributed by atoms with E-state index >= 15 is 0 Å². The molecule has 0 spiro atoms. The molecule has 0 radical (unpaired) electrons. The standard InChI is InChI=1S/C17H19ClN4O3S/c1-20-13-14(19-16(20)26-9-8-25-3)21(2)17(24)22(15(13)23)10-11-4-6-12(18)7-5-11/h4-7H,8-10H2,1-3H3. The van der Waals surface area contributed by atoms with Crippen molar-refractivity contribution in [3.05, 3.63) is 55.7 Å². The summed E-state index contributed by atoms with van der Waals surface area (Å²) in [6, 6.07) is 7.07. The fourth-order valence-corrected chi connectivity index (χ4v) is 3.68. The molecule has 0 saturated heterocycles. The Bertz CT molecular complexity index is 1050. The minimum atomic E-state index is -0.399. The number of halogens is 1. The maximum Gasteiger partial charge on any atom is 0.332 e. The Hall–Kier alpha value is -2.03. The van der Waals surface area contributed by atoms with Gasteiger partial charge >= 0.3 is 5.69 Å². The number of rotatable bonds is 6. The highest BCUT2D eigenvalue weighted by molar-refractivity contribution is 7.99. The van der Waals surface area contributed by atoms with Crippen LogP contribution in [0.15, 0.2) is 39.0 Å². The van der Waals surface area contributed by atoms with Gasteiger partial charge in [0, 0.05) is 32.0 Å². The number of nitrogens with zero attached hydrogens (tertiary/aromatic N) is 4. The van der Waals surface area contributed by atoms with E-state index in [0.717, 1.165) is 5.56 Å². The molecule has 0 unspecified atom stereocenters. The molecule has 3 rings (SSSR count). The van der Waals surface area contributed by atoms with Gasteiger partial charge in [-0.3, -0.25) is 13.9 Å². The van der Waals surface area contributed by atoms with Gasteiger partial charge in [0.15, 0.2) is 16.3 Å². The van der Waals surface area contributed by atoms with Crippen molar-refractivity contribution >= 4 is 34.5 Å².